The van der Waals surface area contributed by atoms with E-state index < -0.39 is 5.97 Å². The molecule has 0 atom stereocenters. The molecule has 0 fully saturated rings. The number of aromatic nitrogens is 2. The number of anilines is 1. The quantitative estimate of drug-likeness (QED) is 0.701. The van der Waals surface area contributed by atoms with E-state index in [1.807, 2.05) is 0 Å². The number of nitrogens with two attached hydrogens (primary N) is 1. The number of carbonyl (C=O) groups excluding carboxylic acids is 1. The maximum Gasteiger partial charge on any atom is 0.361 e. The van der Waals surface area contributed by atoms with Crippen LogP contribution in [-0.2, 0) is 17.7 Å². The van der Waals surface area contributed by atoms with Gasteiger partial charge in [0.2, 0.25) is 0 Å². The number of aryl methyl sites for hydroxylation is 1. The van der Waals surface area contributed by atoms with Crippen LogP contribution in [0.5, 0.6) is 0 Å². The summed E-state index contributed by atoms with van der Waals surface area (Å²) in [4.78, 5) is 11.4. The van der Waals surface area contributed by atoms with Gasteiger partial charge in [-0.3, -0.25) is 4.68 Å². The van der Waals surface area contributed by atoms with Crippen LogP contribution in [0.1, 0.15) is 29.5 Å². The number of fused-ring (bicyclic) bond motifs is 1. The monoisotopic (exact) mass is 195 g/mol. The van der Waals surface area contributed by atoms with E-state index >= 15 is 0 Å². The lowest BCUT2D eigenvalue weighted by Crippen LogP contribution is -2.09. The second-order valence-corrected chi connectivity index (χ2v) is 3.26. The van der Waals surface area contributed by atoms with Gasteiger partial charge >= 0.3 is 5.97 Å². The zero-order chi connectivity index (χ0) is 10.1. The first-order valence-electron chi connectivity index (χ1n) is 4.76. The SMILES string of the molecule is CCOC(=O)c1nn2c(c1N)CCC2. The number of nitrogens with zero attached hydrogens (tertiary/aromatic N) is 2. The molecule has 2 rings (SSSR count). The maximum absolute atomic E-state index is 11.4. The third kappa shape index (κ3) is 1.25. The predicted octanol–water partition coefficient (Wildman–Crippen LogP) is 0.588. The van der Waals surface area contributed by atoms with Crippen LogP contribution < -0.4 is 5.73 Å². The minimum atomic E-state index is -0.424. The van der Waals surface area contributed by atoms with Crippen molar-refractivity contribution in [1.29, 1.82) is 0 Å². The van der Waals surface area contributed by atoms with Crippen LogP contribution in [-0.4, -0.2) is 22.4 Å². The molecular weight excluding hydrogens is 182 g/mol. The molecular formula is C9H13N3O2. The molecule has 0 spiro atoms. The summed E-state index contributed by atoms with van der Waals surface area (Å²) in [5, 5.41) is 4.13. The lowest BCUT2D eigenvalue weighted by atomic mass is 10.2. The van der Waals surface area contributed by atoms with Crippen molar-refractivity contribution in [2.45, 2.75) is 26.3 Å². The normalized spacial score (nSPS) is 14.1. The molecule has 0 bridgehead atoms. The Bertz CT molecular complexity index is 370. The number of hydrogen-bond donors (Lipinski definition) is 1. The van der Waals surface area contributed by atoms with Gasteiger partial charge in [0.05, 0.1) is 18.0 Å². The van der Waals surface area contributed by atoms with Crippen molar-refractivity contribution in [2.75, 3.05) is 12.3 Å². The first-order valence-corrected chi connectivity index (χ1v) is 4.76. The first kappa shape index (κ1) is 9.05. The van der Waals surface area contributed by atoms with Crippen LogP contribution in [0.2, 0.25) is 0 Å². The second-order valence-electron chi connectivity index (χ2n) is 3.26. The fourth-order valence-corrected chi connectivity index (χ4v) is 1.71. The molecule has 14 heavy (non-hydrogen) atoms. The Morgan fingerprint density at radius 3 is 3.14 bits per heavy atom. The van der Waals surface area contributed by atoms with Crippen LogP contribution in [0.3, 0.4) is 0 Å². The van der Waals surface area contributed by atoms with Gasteiger partial charge in [0.1, 0.15) is 0 Å². The van der Waals surface area contributed by atoms with Gasteiger partial charge in [0.15, 0.2) is 5.69 Å². The van der Waals surface area contributed by atoms with Crippen molar-refractivity contribution in [2.24, 2.45) is 0 Å². The third-order valence-electron chi connectivity index (χ3n) is 2.35. The van der Waals surface area contributed by atoms with Crippen molar-refractivity contribution in [3.05, 3.63) is 11.4 Å². The van der Waals surface area contributed by atoms with Gasteiger partial charge in [-0.1, -0.05) is 0 Å². The summed E-state index contributed by atoms with van der Waals surface area (Å²) >= 11 is 0. The minimum Gasteiger partial charge on any atom is -0.461 e. The van der Waals surface area contributed by atoms with Crippen molar-refractivity contribution < 1.29 is 9.53 Å². The average Bonchev–Trinajstić information content (AvgIpc) is 2.69. The number of hydrogen-bond acceptors (Lipinski definition) is 4. The molecule has 1 aromatic heterocycles. The van der Waals surface area contributed by atoms with Crippen LogP contribution in [0, 0.1) is 0 Å². The van der Waals surface area contributed by atoms with Crippen molar-refractivity contribution in [3.63, 3.8) is 0 Å². The minimum absolute atomic E-state index is 0.265. The summed E-state index contributed by atoms with van der Waals surface area (Å²) in [7, 11) is 0. The topological polar surface area (TPSA) is 70.1 Å². The number of nitrogen functional groups attached to an aromatic ring is 1. The van der Waals surface area contributed by atoms with Crippen molar-refractivity contribution >= 4 is 11.7 Å². The molecule has 0 aliphatic carbocycles. The highest BCUT2D eigenvalue weighted by atomic mass is 16.5. The molecule has 0 radical (unpaired) electrons. The van der Waals surface area contributed by atoms with E-state index in [1.165, 1.54) is 0 Å². The largest absolute Gasteiger partial charge is 0.461 e. The van der Waals surface area contributed by atoms with Gasteiger partial charge in [0.25, 0.3) is 0 Å². The highest BCUT2D eigenvalue weighted by Gasteiger charge is 2.24. The lowest BCUT2D eigenvalue weighted by molar-refractivity contribution is 0.0519. The fraction of sp³-hybridized carbons (Fsp3) is 0.556. The Hall–Kier alpha value is -1.52. The molecule has 1 aliphatic heterocycles. The fourth-order valence-electron chi connectivity index (χ4n) is 1.71. The van der Waals surface area contributed by atoms with Gasteiger partial charge in [-0.05, 0) is 19.8 Å². The Morgan fingerprint density at radius 1 is 1.71 bits per heavy atom. The summed E-state index contributed by atoms with van der Waals surface area (Å²) in [5.41, 5.74) is 7.52. The van der Waals surface area contributed by atoms with E-state index in [2.05, 4.69) is 5.10 Å². The number of esters is 1. The predicted molar refractivity (Wildman–Crippen MR) is 50.9 cm³/mol. The maximum atomic E-state index is 11.4. The molecule has 5 nitrogen and oxygen atoms in total. The molecule has 0 saturated carbocycles. The highest BCUT2D eigenvalue weighted by molar-refractivity contribution is 5.93. The van der Waals surface area contributed by atoms with Gasteiger partial charge in [-0.25, -0.2) is 4.79 Å². The molecule has 0 unspecified atom stereocenters. The highest BCUT2D eigenvalue weighted by Crippen LogP contribution is 2.24. The zero-order valence-electron chi connectivity index (χ0n) is 8.12. The summed E-state index contributed by atoms with van der Waals surface area (Å²) < 4.78 is 6.64. The van der Waals surface area contributed by atoms with Gasteiger partial charge in [-0.15, -0.1) is 0 Å². The number of rotatable bonds is 2. The number of carbonyl (C=O) groups is 1. The molecule has 0 amide bonds. The summed E-state index contributed by atoms with van der Waals surface area (Å²) in [6.07, 6.45) is 1.95. The molecule has 5 heteroatoms. The molecule has 2 N–H and O–H groups in total. The van der Waals surface area contributed by atoms with Crippen LogP contribution >= 0.6 is 0 Å². The Morgan fingerprint density at radius 2 is 2.50 bits per heavy atom. The van der Waals surface area contributed by atoms with E-state index in [1.54, 1.807) is 11.6 Å². The van der Waals surface area contributed by atoms with E-state index in [-0.39, 0.29) is 5.69 Å². The molecule has 2 heterocycles. The Kier molecular flexibility index (Phi) is 2.15. The van der Waals surface area contributed by atoms with Crippen molar-refractivity contribution in [1.82, 2.24) is 9.78 Å². The van der Waals surface area contributed by atoms with E-state index in [9.17, 15) is 4.79 Å². The average molecular weight is 195 g/mol. The van der Waals surface area contributed by atoms with Gasteiger partial charge < -0.3 is 10.5 Å². The third-order valence-corrected chi connectivity index (χ3v) is 2.35. The smallest absolute Gasteiger partial charge is 0.361 e. The van der Waals surface area contributed by atoms with E-state index in [4.69, 9.17) is 10.5 Å². The zero-order valence-corrected chi connectivity index (χ0v) is 8.12. The van der Waals surface area contributed by atoms with Crippen LogP contribution in [0.15, 0.2) is 0 Å². The Balaban J connectivity index is 2.32. The number of ether oxygens (including phenoxy) is 1. The molecule has 1 aliphatic rings. The molecule has 0 saturated heterocycles. The first-order chi connectivity index (χ1) is 6.74. The van der Waals surface area contributed by atoms with Gasteiger partial charge in [0, 0.05) is 6.54 Å². The second kappa shape index (κ2) is 3.32. The van der Waals surface area contributed by atoms with Gasteiger partial charge in [-0.2, -0.15) is 5.10 Å². The lowest BCUT2D eigenvalue weighted by Gasteiger charge is -1.98. The van der Waals surface area contributed by atoms with E-state index in [0.29, 0.717) is 12.3 Å². The molecule has 76 valence electrons. The molecule has 0 aromatic carbocycles. The van der Waals surface area contributed by atoms with E-state index in [0.717, 1.165) is 25.1 Å². The summed E-state index contributed by atoms with van der Waals surface area (Å²) in [6, 6.07) is 0. The summed E-state index contributed by atoms with van der Waals surface area (Å²) in [6.45, 7) is 2.96. The Labute approximate surface area is 81.8 Å². The van der Waals surface area contributed by atoms with Crippen molar-refractivity contribution in [3.8, 4) is 0 Å². The summed E-state index contributed by atoms with van der Waals surface area (Å²) in [5.74, 6) is -0.424. The van der Waals surface area contributed by atoms with Crippen LogP contribution in [0.25, 0.3) is 0 Å². The van der Waals surface area contributed by atoms with Crippen LogP contribution in [0.4, 0.5) is 5.69 Å². The molecule has 1 aromatic rings. The standard InChI is InChI=1S/C9H13N3O2/c1-2-14-9(13)8-7(10)6-4-3-5-12(6)11-8/h2-5,10H2,1H3.